The lowest BCUT2D eigenvalue weighted by Crippen LogP contribution is -2.57. The molecule has 3 rings (SSSR count). The van der Waals surface area contributed by atoms with Gasteiger partial charge in [0.1, 0.15) is 5.82 Å². The zero-order chi connectivity index (χ0) is 15.0. The van der Waals surface area contributed by atoms with Crippen molar-refractivity contribution < 1.29 is 17.5 Å². The van der Waals surface area contributed by atoms with E-state index in [0.717, 1.165) is 31.4 Å². The zero-order valence-electron chi connectivity index (χ0n) is 12.0. The van der Waals surface area contributed by atoms with Crippen molar-refractivity contribution >= 4 is 10.0 Å². The summed E-state index contributed by atoms with van der Waals surface area (Å²) in [4.78, 5) is 0. The second kappa shape index (κ2) is 5.66. The molecule has 1 aromatic carbocycles. The highest BCUT2D eigenvalue weighted by Gasteiger charge is 2.44. The maximum Gasteiger partial charge on any atom is 0.216 e. The molecule has 21 heavy (non-hydrogen) atoms. The van der Waals surface area contributed by atoms with Crippen LogP contribution in [0.25, 0.3) is 0 Å². The highest BCUT2D eigenvalue weighted by atomic mass is 32.2. The molecule has 2 aliphatic rings. The van der Waals surface area contributed by atoms with Crippen LogP contribution >= 0.6 is 0 Å². The molecule has 0 spiro atoms. The molecule has 0 unspecified atom stereocenters. The Morgan fingerprint density at radius 1 is 1.43 bits per heavy atom. The second-order valence-corrected chi connectivity index (χ2v) is 7.78. The minimum absolute atomic E-state index is 0.0613. The number of sulfonamides is 1. The Hall–Kier alpha value is -0.980. The van der Waals surface area contributed by atoms with Crippen molar-refractivity contribution in [2.75, 3.05) is 6.61 Å². The van der Waals surface area contributed by atoms with Gasteiger partial charge in [0.15, 0.2) is 0 Å². The molecular formula is C15H20FNO3S. The highest BCUT2D eigenvalue weighted by Crippen LogP contribution is 2.38. The highest BCUT2D eigenvalue weighted by molar-refractivity contribution is 7.88. The fourth-order valence-electron chi connectivity index (χ4n) is 3.18. The van der Waals surface area contributed by atoms with Crippen molar-refractivity contribution in [2.45, 2.75) is 44.1 Å². The number of hydrogen-bond donors (Lipinski definition) is 1. The number of hydrogen-bond acceptors (Lipinski definition) is 3. The van der Waals surface area contributed by atoms with E-state index < -0.39 is 15.8 Å². The minimum atomic E-state index is -3.53. The van der Waals surface area contributed by atoms with Crippen LogP contribution in [0.3, 0.4) is 0 Å². The van der Waals surface area contributed by atoms with Gasteiger partial charge in [0.05, 0.1) is 11.9 Å². The lowest BCUT2D eigenvalue weighted by Gasteiger charge is -2.47. The van der Waals surface area contributed by atoms with E-state index >= 15 is 0 Å². The topological polar surface area (TPSA) is 55.4 Å². The lowest BCUT2D eigenvalue weighted by molar-refractivity contribution is -0.0980. The van der Waals surface area contributed by atoms with Gasteiger partial charge >= 0.3 is 0 Å². The van der Waals surface area contributed by atoms with E-state index in [1.165, 1.54) is 12.1 Å². The van der Waals surface area contributed by atoms with E-state index in [1.54, 1.807) is 13.0 Å². The molecule has 0 aromatic heterocycles. The van der Waals surface area contributed by atoms with Crippen LogP contribution in [0.5, 0.6) is 0 Å². The van der Waals surface area contributed by atoms with Crippen LogP contribution in [0.2, 0.25) is 0 Å². The smallest absolute Gasteiger partial charge is 0.216 e. The summed E-state index contributed by atoms with van der Waals surface area (Å²) < 4.78 is 46.4. The number of halogens is 1. The molecule has 1 saturated carbocycles. The van der Waals surface area contributed by atoms with Crippen molar-refractivity contribution in [2.24, 2.45) is 5.92 Å². The Morgan fingerprint density at radius 2 is 2.24 bits per heavy atom. The molecule has 1 aliphatic heterocycles. The quantitative estimate of drug-likeness (QED) is 0.926. The number of fused-ring (bicyclic) bond motifs is 1. The van der Waals surface area contributed by atoms with Gasteiger partial charge in [0.25, 0.3) is 0 Å². The molecular weight excluding hydrogens is 293 g/mol. The molecule has 4 nitrogen and oxygen atoms in total. The van der Waals surface area contributed by atoms with Crippen molar-refractivity contribution in [3.8, 4) is 0 Å². The maximum atomic E-state index is 13.8. The molecule has 1 aliphatic carbocycles. The first kappa shape index (κ1) is 14.9. The van der Waals surface area contributed by atoms with Crippen LogP contribution in [0.1, 0.15) is 30.4 Å². The fraction of sp³-hybridized carbons (Fsp3) is 0.600. The monoisotopic (exact) mass is 313 g/mol. The number of nitrogens with one attached hydrogen (secondary N) is 1. The van der Waals surface area contributed by atoms with E-state index in [9.17, 15) is 12.8 Å². The first-order valence-electron chi connectivity index (χ1n) is 7.31. The van der Waals surface area contributed by atoms with Gasteiger partial charge in [-0.15, -0.1) is 0 Å². The van der Waals surface area contributed by atoms with Gasteiger partial charge in [-0.2, -0.15) is 0 Å². The molecule has 6 heteroatoms. The van der Waals surface area contributed by atoms with E-state index in [-0.39, 0.29) is 29.4 Å². The average Bonchev–Trinajstić information content (AvgIpc) is 2.39. The summed E-state index contributed by atoms with van der Waals surface area (Å²) in [5.74, 6) is -0.502. The van der Waals surface area contributed by atoms with Crippen LogP contribution in [0, 0.1) is 18.7 Å². The summed E-state index contributed by atoms with van der Waals surface area (Å²) in [7, 11) is -3.53. The van der Waals surface area contributed by atoms with Crippen LogP contribution in [0.15, 0.2) is 18.2 Å². The van der Waals surface area contributed by atoms with Gasteiger partial charge in [-0.1, -0.05) is 12.1 Å². The fourth-order valence-corrected chi connectivity index (χ4v) is 4.64. The Labute approximate surface area is 124 Å². The second-order valence-electron chi connectivity index (χ2n) is 6.03. The lowest BCUT2D eigenvalue weighted by atomic mass is 9.73. The Bertz CT molecular complexity index is 632. The predicted octanol–water partition coefficient (Wildman–Crippen LogP) is 2.12. The largest absolute Gasteiger partial charge is 0.378 e. The van der Waals surface area contributed by atoms with Crippen LogP contribution in [-0.4, -0.2) is 27.2 Å². The molecule has 1 heterocycles. The average molecular weight is 313 g/mol. The number of rotatable bonds is 4. The zero-order valence-corrected chi connectivity index (χ0v) is 12.8. The molecule has 116 valence electrons. The number of aryl methyl sites for hydroxylation is 1. The van der Waals surface area contributed by atoms with Crippen LogP contribution in [-0.2, 0) is 20.5 Å². The molecule has 1 N–H and O–H groups in total. The summed E-state index contributed by atoms with van der Waals surface area (Å²) in [5.41, 5.74) is 0.992. The summed E-state index contributed by atoms with van der Waals surface area (Å²) >= 11 is 0. The first-order chi connectivity index (χ1) is 9.94. The minimum Gasteiger partial charge on any atom is -0.378 e. The van der Waals surface area contributed by atoms with Gasteiger partial charge in [-0.25, -0.2) is 17.5 Å². The molecule has 1 aromatic rings. The van der Waals surface area contributed by atoms with E-state index in [4.69, 9.17) is 4.74 Å². The van der Waals surface area contributed by atoms with Crippen molar-refractivity contribution in [3.63, 3.8) is 0 Å². The van der Waals surface area contributed by atoms with Gasteiger partial charge in [-0.05, 0) is 37.8 Å². The summed E-state index contributed by atoms with van der Waals surface area (Å²) in [6.07, 6.45) is 2.89. The third-order valence-corrected chi connectivity index (χ3v) is 5.73. The third kappa shape index (κ3) is 3.27. The number of benzene rings is 1. The molecule has 1 saturated heterocycles. The van der Waals surface area contributed by atoms with E-state index in [1.807, 2.05) is 0 Å². The normalized spacial score (nSPS) is 28.8. The number of ether oxygens (including phenoxy) is 1. The molecule has 0 radical (unpaired) electrons. The van der Waals surface area contributed by atoms with Gasteiger partial charge in [0.2, 0.25) is 10.0 Å². The Morgan fingerprint density at radius 3 is 2.95 bits per heavy atom. The Kier molecular flexibility index (Phi) is 4.03. The molecule has 3 atom stereocenters. The van der Waals surface area contributed by atoms with Gasteiger partial charge in [0, 0.05) is 24.1 Å². The SMILES string of the molecule is Cc1ccc(CS(=O)(=O)N[C@@H]2C[C@@H]3OCCC[C@H]32)c(F)c1. The summed E-state index contributed by atoms with van der Waals surface area (Å²) in [6.45, 7) is 2.55. The van der Waals surface area contributed by atoms with E-state index in [2.05, 4.69) is 4.72 Å². The molecule has 0 amide bonds. The van der Waals surface area contributed by atoms with E-state index in [0.29, 0.717) is 0 Å². The maximum absolute atomic E-state index is 13.8. The third-order valence-electron chi connectivity index (χ3n) is 4.38. The van der Waals surface area contributed by atoms with Crippen molar-refractivity contribution in [1.29, 1.82) is 0 Å². The standard InChI is InChI=1S/C15H20FNO3S/c1-10-4-5-11(13(16)7-10)9-21(18,19)17-14-8-15-12(14)3-2-6-20-15/h4-5,7,12,14-15,17H,2-3,6,8-9H2,1H3/t12-,14+,15-/m0/s1. The Balaban J connectivity index is 1.64. The molecule has 2 fully saturated rings. The first-order valence-corrected chi connectivity index (χ1v) is 8.96. The van der Waals surface area contributed by atoms with Crippen molar-refractivity contribution in [1.82, 2.24) is 4.72 Å². The predicted molar refractivity (Wildman–Crippen MR) is 77.8 cm³/mol. The van der Waals surface area contributed by atoms with Crippen molar-refractivity contribution in [3.05, 3.63) is 35.1 Å². The van der Waals surface area contributed by atoms with Crippen LogP contribution < -0.4 is 4.72 Å². The van der Waals surface area contributed by atoms with Crippen LogP contribution in [0.4, 0.5) is 4.39 Å². The molecule has 0 bridgehead atoms. The summed E-state index contributed by atoms with van der Waals surface area (Å²) in [6, 6.07) is 4.56. The summed E-state index contributed by atoms with van der Waals surface area (Å²) in [5, 5.41) is 0. The van der Waals surface area contributed by atoms with Gasteiger partial charge < -0.3 is 4.74 Å². The van der Waals surface area contributed by atoms with Gasteiger partial charge in [-0.3, -0.25) is 0 Å².